The van der Waals surface area contributed by atoms with Crippen LogP contribution in [0.1, 0.15) is 46.0 Å². The van der Waals surface area contributed by atoms with Crippen LogP contribution in [0.2, 0.25) is 0 Å². The number of nitrogens with one attached hydrogen (secondary N) is 1. The number of hydrogen-bond acceptors (Lipinski definition) is 2. The van der Waals surface area contributed by atoms with Crippen LogP contribution in [-0.4, -0.2) is 12.6 Å². The molecule has 0 spiro atoms. The van der Waals surface area contributed by atoms with Gasteiger partial charge in [0, 0.05) is 6.04 Å². The summed E-state index contributed by atoms with van der Waals surface area (Å²) in [5, 5.41) is 12.7. The maximum absolute atomic E-state index is 9.06. The van der Waals surface area contributed by atoms with Crippen LogP contribution in [0, 0.1) is 29.1 Å². The zero-order valence-electron chi connectivity index (χ0n) is 11.1. The van der Waals surface area contributed by atoms with Gasteiger partial charge >= 0.3 is 0 Å². The van der Waals surface area contributed by atoms with E-state index in [9.17, 15) is 0 Å². The van der Waals surface area contributed by atoms with Crippen molar-refractivity contribution in [2.24, 2.45) is 17.8 Å². The Bertz CT molecular complexity index is 326. The molecule has 0 radical (unpaired) electrons. The van der Waals surface area contributed by atoms with E-state index in [0.29, 0.717) is 6.04 Å². The molecule has 0 amide bonds. The molecule has 0 heterocycles. The van der Waals surface area contributed by atoms with Crippen molar-refractivity contribution in [2.75, 3.05) is 6.54 Å². The molecule has 0 aromatic heterocycles. The molecule has 1 fully saturated rings. The van der Waals surface area contributed by atoms with Crippen molar-refractivity contribution < 1.29 is 0 Å². The van der Waals surface area contributed by atoms with Crippen molar-refractivity contribution in [1.82, 2.24) is 5.32 Å². The second-order valence-electron chi connectivity index (χ2n) is 5.98. The van der Waals surface area contributed by atoms with Gasteiger partial charge in [0.15, 0.2) is 0 Å². The van der Waals surface area contributed by atoms with Gasteiger partial charge in [-0.15, -0.1) is 0 Å². The number of hydrogen-bond donors (Lipinski definition) is 1. The summed E-state index contributed by atoms with van der Waals surface area (Å²) in [6.07, 6.45) is 8.44. The molecule has 0 aromatic rings. The average Bonchev–Trinajstić information content (AvgIpc) is 2.72. The molecule has 1 N–H and O–H groups in total. The maximum Gasteiger partial charge on any atom is 0.0672 e. The summed E-state index contributed by atoms with van der Waals surface area (Å²) in [6.45, 7) is 5.65. The minimum Gasteiger partial charge on any atom is -0.312 e. The van der Waals surface area contributed by atoms with Gasteiger partial charge in [-0.1, -0.05) is 25.0 Å². The average molecular weight is 232 g/mol. The first-order valence-corrected chi connectivity index (χ1v) is 6.99. The van der Waals surface area contributed by atoms with Gasteiger partial charge in [-0.25, -0.2) is 0 Å². The third-order valence-corrected chi connectivity index (χ3v) is 4.24. The lowest BCUT2D eigenvalue weighted by atomic mass is 9.83. The van der Waals surface area contributed by atoms with Gasteiger partial charge in [-0.05, 0) is 51.0 Å². The van der Waals surface area contributed by atoms with Crippen LogP contribution >= 0.6 is 0 Å². The summed E-state index contributed by atoms with van der Waals surface area (Å²) >= 11 is 0. The highest BCUT2D eigenvalue weighted by molar-refractivity contribution is 5.06. The first kappa shape index (κ1) is 12.6. The fourth-order valence-corrected chi connectivity index (χ4v) is 3.52. The van der Waals surface area contributed by atoms with Gasteiger partial charge in [0.2, 0.25) is 0 Å². The van der Waals surface area contributed by atoms with Crippen molar-refractivity contribution in [2.45, 2.75) is 52.0 Å². The molecule has 2 aliphatic carbocycles. The summed E-state index contributed by atoms with van der Waals surface area (Å²) in [4.78, 5) is 0. The molecule has 0 aromatic carbocycles. The molecule has 17 heavy (non-hydrogen) atoms. The lowest BCUT2D eigenvalue weighted by molar-refractivity contribution is 0.348. The molecular weight excluding hydrogens is 208 g/mol. The summed E-state index contributed by atoms with van der Waals surface area (Å²) in [7, 11) is 0. The molecule has 4 atom stereocenters. The van der Waals surface area contributed by atoms with Crippen LogP contribution in [0.4, 0.5) is 0 Å². The first-order valence-electron chi connectivity index (χ1n) is 6.99. The normalized spacial score (nSPS) is 37.6. The van der Waals surface area contributed by atoms with Gasteiger partial charge in [0.1, 0.15) is 0 Å². The SMILES string of the molecule is CC1=CC(C)CC(CNC2CCCC2C#N)C1. The third kappa shape index (κ3) is 3.33. The maximum atomic E-state index is 9.06. The monoisotopic (exact) mass is 232 g/mol. The highest BCUT2D eigenvalue weighted by Crippen LogP contribution is 2.29. The molecule has 0 aliphatic heterocycles. The Labute approximate surface area is 105 Å². The highest BCUT2D eigenvalue weighted by atomic mass is 14.9. The van der Waals surface area contributed by atoms with E-state index in [1.54, 1.807) is 5.57 Å². The van der Waals surface area contributed by atoms with E-state index < -0.39 is 0 Å². The predicted molar refractivity (Wildman–Crippen MR) is 70.4 cm³/mol. The smallest absolute Gasteiger partial charge is 0.0672 e. The molecule has 0 saturated heterocycles. The Morgan fingerprint density at radius 1 is 1.47 bits per heavy atom. The Morgan fingerprint density at radius 3 is 3.00 bits per heavy atom. The van der Waals surface area contributed by atoms with E-state index in [-0.39, 0.29) is 5.92 Å². The molecule has 2 heteroatoms. The molecule has 2 nitrogen and oxygen atoms in total. The number of allylic oxidation sites excluding steroid dienone is 2. The van der Waals surface area contributed by atoms with Crippen molar-refractivity contribution in [3.8, 4) is 6.07 Å². The van der Waals surface area contributed by atoms with Gasteiger partial charge in [0.25, 0.3) is 0 Å². The van der Waals surface area contributed by atoms with Gasteiger partial charge in [-0.2, -0.15) is 5.26 Å². The Balaban J connectivity index is 1.79. The number of nitriles is 1. The van der Waals surface area contributed by atoms with E-state index in [4.69, 9.17) is 5.26 Å². The van der Waals surface area contributed by atoms with Gasteiger partial charge in [0.05, 0.1) is 12.0 Å². The second kappa shape index (κ2) is 5.69. The molecule has 0 bridgehead atoms. The van der Waals surface area contributed by atoms with Crippen molar-refractivity contribution in [1.29, 1.82) is 5.26 Å². The standard InChI is InChI=1S/C15H24N2/c1-11-6-12(2)8-13(7-11)10-17-15-5-3-4-14(15)9-16/h6,11,13-15,17H,3-5,7-8,10H2,1-2H3. The van der Waals surface area contributed by atoms with Crippen molar-refractivity contribution in [3.05, 3.63) is 11.6 Å². The number of rotatable bonds is 3. The second-order valence-corrected chi connectivity index (χ2v) is 5.98. The molecular formula is C15H24N2. The fourth-order valence-electron chi connectivity index (χ4n) is 3.52. The minimum atomic E-state index is 0.257. The lowest BCUT2D eigenvalue weighted by Crippen LogP contribution is -2.36. The van der Waals surface area contributed by atoms with E-state index in [1.165, 1.54) is 25.7 Å². The van der Waals surface area contributed by atoms with Crippen LogP contribution in [-0.2, 0) is 0 Å². The summed E-state index contributed by atoms with van der Waals surface area (Å²) < 4.78 is 0. The predicted octanol–water partition coefficient (Wildman–Crippen LogP) is 3.26. The number of nitrogens with zero attached hydrogens (tertiary/aromatic N) is 1. The minimum absolute atomic E-state index is 0.257. The zero-order valence-corrected chi connectivity index (χ0v) is 11.1. The Hall–Kier alpha value is -0.810. The van der Waals surface area contributed by atoms with Gasteiger partial charge in [-0.3, -0.25) is 0 Å². The van der Waals surface area contributed by atoms with E-state index >= 15 is 0 Å². The van der Waals surface area contributed by atoms with Crippen LogP contribution in [0.3, 0.4) is 0 Å². The molecule has 4 unspecified atom stereocenters. The summed E-state index contributed by atoms with van der Waals surface area (Å²) in [6, 6.07) is 2.91. The van der Waals surface area contributed by atoms with Crippen molar-refractivity contribution >= 4 is 0 Å². The Morgan fingerprint density at radius 2 is 2.29 bits per heavy atom. The highest BCUT2D eigenvalue weighted by Gasteiger charge is 2.27. The van der Waals surface area contributed by atoms with Crippen LogP contribution in [0.25, 0.3) is 0 Å². The first-order chi connectivity index (χ1) is 8.19. The van der Waals surface area contributed by atoms with E-state index in [0.717, 1.165) is 24.8 Å². The lowest BCUT2D eigenvalue weighted by Gasteiger charge is -2.27. The fraction of sp³-hybridized carbons (Fsp3) is 0.800. The van der Waals surface area contributed by atoms with Crippen LogP contribution in [0.15, 0.2) is 11.6 Å². The molecule has 2 rings (SSSR count). The van der Waals surface area contributed by atoms with E-state index in [2.05, 4.69) is 31.3 Å². The zero-order chi connectivity index (χ0) is 12.3. The van der Waals surface area contributed by atoms with Gasteiger partial charge < -0.3 is 5.32 Å². The molecule has 94 valence electrons. The van der Waals surface area contributed by atoms with E-state index in [1.807, 2.05) is 0 Å². The van der Waals surface area contributed by atoms with Crippen LogP contribution in [0.5, 0.6) is 0 Å². The quantitative estimate of drug-likeness (QED) is 0.758. The summed E-state index contributed by atoms with van der Waals surface area (Å²) in [5.41, 5.74) is 1.54. The molecule has 1 saturated carbocycles. The summed E-state index contributed by atoms with van der Waals surface area (Å²) in [5.74, 6) is 1.76. The van der Waals surface area contributed by atoms with Crippen molar-refractivity contribution in [3.63, 3.8) is 0 Å². The largest absolute Gasteiger partial charge is 0.312 e. The molecule has 2 aliphatic rings. The van der Waals surface area contributed by atoms with Crippen LogP contribution < -0.4 is 5.32 Å². The third-order valence-electron chi connectivity index (χ3n) is 4.24. The Kier molecular flexibility index (Phi) is 4.23. The topological polar surface area (TPSA) is 35.8 Å².